The Bertz CT molecular complexity index is 1120. The first-order valence-corrected chi connectivity index (χ1v) is 10.1. The standard InChI is InChI=1S/C22H17F9N2O2/c1-33-10-18(34,11-33)13-4-2-12(3-5-13)17-9-19(35-32-17,22(29,30)31)14-6-15(20(23,24)25)8-16(7-14)21(26,27)28/h2-8,34H,9-11H2,1H3. The summed E-state index contributed by atoms with van der Waals surface area (Å²) < 4.78 is 122. The van der Waals surface area contributed by atoms with Crippen molar-refractivity contribution in [1.29, 1.82) is 0 Å². The van der Waals surface area contributed by atoms with Gasteiger partial charge in [0.1, 0.15) is 5.60 Å². The highest BCUT2D eigenvalue weighted by Crippen LogP contribution is 2.51. The fraction of sp³-hybridized carbons (Fsp3) is 0.409. The lowest BCUT2D eigenvalue weighted by atomic mass is 9.83. The summed E-state index contributed by atoms with van der Waals surface area (Å²) in [5, 5.41) is 13.9. The molecule has 35 heavy (non-hydrogen) atoms. The molecule has 13 heteroatoms. The summed E-state index contributed by atoms with van der Waals surface area (Å²) in [5.74, 6) is 0. The van der Waals surface area contributed by atoms with E-state index in [-0.39, 0.29) is 29.5 Å². The monoisotopic (exact) mass is 512 g/mol. The normalized spacial score (nSPS) is 23.0. The van der Waals surface area contributed by atoms with Gasteiger partial charge in [0.05, 0.1) is 16.8 Å². The number of rotatable bonds is 3. The van der Waals surface area contributed by atoms with Gasteiger partial charge in [-0.05, 0) is 36.4 Å². The molecular formula is C22H17F9N2O2. The molecule has 2 aliphatic heterocycles. The number of hydrogen-bond donors (Lipinski definition) is 1. The minimum atomic E-state index is -5.41. The van der Waals surface area contributed by atoms with Crippen molar-refractivity contribution < 1.29 is 49.5 Å². The average Bonchev–Trinajstić information content (AvgIpc) is 3.18. The maximum absolute atomic E-state index is 14.2. The van der Waals surface area contributed by atoms with Crippen LogP contribution in [0.15, 0.2) is 47.6 Å². The first-order valence-electron chi connectivity index (χ1n) is 10.1. The molecule has 0 aromatic heterocycles. The number of alkyl halides is 9. The van der Waals surface area contributed by atoms with Crippen LogP contribution in [0.2, 0.25) is 0 Å². The Labute approximate surface area is 192 Å². The first kappa shape index (κ1) is 25.3. The highest BCUT2D eigenvalue weighted by Gasteiger charge is 2.63. The summed E-state index contributed by atoms with van der Waals surface area (Å²) in [6.07, 6.45) is -17.2. The molecule has 1 saturated heterocycles. The van der Waals surface area contributed by atoms with E-state index in [4.69, 9.17) is 0 Å². The Kier molecular flexibility index (Phi) is 5.68. The van der Waals surface area contributed by atoms with Crippen LogP contribution >= 0.6 is 0 Å². The van der Waals surface area contributed by atoms with Gasteiger partial charge in [-0.3, -0.25) is 4.90 Å². The molecule has 1 fully saturated rings. The van der Waals surface area contributed by atoms with E-state index < -0.39 is 52.8 Å². The highest BCUT2D eigenvalue weighted by atomic mass is 19.4. The van der Waals surface area contributed by atoms with Crippen LogP contribution in [0, 0.1) is 0 Å². The molecule has 4 nitrogen and oxygen atoms in total. The Morgan fingerprint density at radius 1 is 0.829 bits per heavy atom. The predicted octanol–water partition coefficient (Wildman–Crippen LogP) is 5.44. The van der Waals surface area contributed by atoms with Crippen LogP contribution in [-0.2, 0) is 28.4 Å². The van der Waals surface area contributed by atoms with E-state index in [9.17, 15) is 44.6 Å². The molecule has 0 aliphatic carbocycles. The van der Waals surface area contributed by atoms with E-state index in [2.05, 4.69) is 9.99 Å². The van der Waals surface area contributed by atoms with Crippen molar-refractivity contribution in [1.82, 2.24) is 4.90 Å². The van der Waals surface area contributed by atoms with Crippen LogP contribution in [0.5, 0.6) is 0 Å². The third kappa shape index (κ3) is 4.46. The molecule has 1 N–H and O–H groups in total. The third-order valence-corrected chi connectivity index (χ3v) is 6.06. The van der Waals surface area contributed by atoms with Crippen molar-refractivity contribution in [2.24, 2.45) is 5.16 Å². The van der Waals surface area contributed by atoms with Crippen molar-refractivity contribution in [3.63, 3.8) is 0 Å². The van der Waals surface area contributed by atoms with Crippen molar-refractivity contribution in [3.05, 3.63) is 70.3 Å². The van der Waals surface area contributed by atoms with Crippen LogP contribution in [0.4, 0.5) is 39.5 Å². The molecule has 0 amide bonds. The van der Waals surface area contributed by atoms with Gasteiger partial charge in [0.25, 0.3) is 5.60 Å². The number of likely N-dealkylation sites (N-methyl/N-ethyl adjacent to an activating group) is 1. The maximum atomic E-state index is 14.2. The molecule has 2 aromatic carbocycles. The van der Waals surface area contributed by atoms with Gasteiger partial charge < -0.3 is 9.94 Å². The van der Waals surface area contributed by atoms with E-state index in [1.165, 1.54) is 24.3 Å². The summed E-state index contributed by atoms with van der Waals surface area (Å²) >= 11 is 0. The average molecular weight is 512 g/mol. The summed E-state index contributed by atoms with van der Waals surface area (Å²) in [6, 6.07) is 5.36. The van der Waals surface area contributed by atoms with Crippen LogP contribution in [-0.4, -0.2) is 42.0 Å². The summed E-state index contributed by atoms with van der Waals surface area (Å²) in [7, 11) is 1.78. The molecule has 4 rings (SSSR count). The van der Waals surface area contributed by atoms with Crippen molar-refractivity contribution >= 4 is 5.71 Å². The number of likely N-dealkylation sites (tertiary alicyclic amines) is 1. The minimum Gasteiger partial charge on any atom is -0.382 e. The zero-order valence-electron chi connectivity index (χ0n) is 17.8. The number of halogens is 9. The van der Waals surface area contributed by atoms with Crippen LogP contribution in [0.25, 0.3) is 0 Å². The molecule has 0 saturated carbocycles. The van der Waals surface area contributed by atoms with Crippen molar-refractivity contribution in [3.8, 4) is 0 Å². The lowest BCUT2D eigenvalue weighted by molar-refractivity contribution is -0.276. The number of nitrogens with zero attached hydrogens (tertiary/aromatic N) is 2. The second-order valence-corrected chi connectivity index (χ2v) is 8.71. The van der Waals surface area contributed by atoms with Crippen LogP contribution < -0.4 is 0 Å². The largest absolute Gasteiger partial charge is 0.435 e. The van der Waals surface area contributed by atoms with E-state index in [0.717, 1.165) is 0 Å². The van der Waals surface area contributed by atoms with Crippen LogP contribution in [0.3, 0.4) is 0 Å². The Hall–Kier alpha value is -2.80. The van der Waals surface area contributed by atoms with E-state index in [0.29, 0.717) is 18.7 Å². The molecular weight excluding hydrogens is 495 g/mol. The van der Waals surface area contributed by atoms with Crippen molar-refractivity contribution in [2.45, 2.75) is 36.2 Å². The van der Waals surface area contributed by atoms with E-state index >= 15 is 0 Å². The summed E-state index contributed by atoms with van der Waals surface area (Å²) in [5.41, 5.74) is -9.57. The zero-order valence-corrected chi connectivity index (χ0v) is 17.8. The predicted molar refractivity (Wildman–Crippen MR) is 104 cm³/mol. The number of hydrogen-bond acceptors (Lipinski definition) is 4. The molecule has 2 aliphatic rings. The number of aliphatic hydroxyl groups is 1. The summed E-state index contributed by atoms with van der Waals surface area (Å²) in [4.78, 5) is 6.45. The van der Waals surface area contributed by atoms with E-state index in [1.807, 2.05) is 4.90 Å². The SMILES string of the molecule is CN1CC(O)(c2ccc(C3=NOC(c4cc(C(F)(F)F)cc(C(F)(F)F)c4)(C(F)(F)F)C3)cc2)C1. The molecule has 2 aromatic rings. The van der Waals surface area contributed by atoms with Gasteiger partial charge in [0, 0.05) is 25.1 Å². The fourth-order valence-corrected chi connectivity index (χ4v) is 4.25. The second kappa shape index (κ2) is 7.85. The third-order valence-electron chi connectivity index (χ3n) is 6.06. The number of β-amino-alcohol motifs (C(OH)–C–C–N with tert-alkyl or cyclic N) is 1. The topological polar surface area (TPSA) is 45.1 Å². The van der Waals surface area contributed by atoms with E-state index in [1.54, 1.807) is 7.05 Å². The fourth-order valence-electron chi connectivity index (χ4n) is 4.25. The van der Waals surface area contributed by atoms with Crippen LogP contribution in [0.1, 0.15) is 34.2 Å². The lowest BCUT2D eigenvalue weighted by Gasteiger charge is -2.44. The molecule has 2 heterocycles. The molecule has 190 valence electrons. The molecule has 1 unspecified atom stereocenters. The lowest BCUT2D eigenvalue weighted by Crippen LogP contribution is -2.57. The Balaban J connectivity index is 1.72. The van der Waals surface area contributed by atoms with Gasteiger partial charge in [-0.15, -0.1) is 0 Å². The molecule has 0 spiro atoms. The van der Waals surface area contributed by atoms with Gasteiger partial charge in [-0.1, -0.05) is 29.4 Å². The quantitative estimate of drug-likeness (QED) is 0.558. The van der Waals surface area contributed by atoms with Gasteiger partial charge in [0.15, 0.2) is 0 Å². The first-order chi connectivity index (χ1) is 15.9. The zero-order chi connectivity index (χ0) is 26.0. The molecule has 0 radical (unpaired) electrons. The number of benzene rings is 2. The van der Waals surface area contributed by atoms with Gasteiger partial charge in [-0.25, -0.2) is 0 Å². The number of oxime groups is 1. The van der Waals surface area contributed by atoms with Gasteiger partial charge in [-0.2, -0.15) is 39.5 Å². The Morgan fingerprint density at radius 2 is 1.34 bits per heavy atom. The Morgan fingerprint density at radius 3 is 1.77 bits per heavy atom. The molecule has 1 atom stereocenters. The van der Waals surface area contributed by atoms with Crippen molar-refractivity contribution in [2.75, 3.05) is 20.1 Å². The second-order valence-electron chi connectivity index (χ2n) is 8.71. The molecule has 0 bridgehead atoms. The van der Waals surface area contributed by atoms with Gasteiger partial charge in [0.2, 0.25) is 0 Å². The minimum absolute atomic E-state index is 0.00704. The highest BCUT2D eigenvalue weighted by molar-refractivity contribution is 6.01. The van der Waals surface area contributed by atoms with Gasteiger partial charge >= 0.3 is 18.5 Å². The maximum Gasteiger partial charge on any atom is 0.435 e. The smallest absolute Gasteiger partial charge is 0.382 e. The summed E-state index contributed by atoms with van der Waals surface area (Å²) in [6.45, 7) is 0.676.